The second-order valence-corrected chi connectivity index (χ2v) is 7.95. The first-order valence-electron chi connectivity index (χ1n) is 9.77. The van der Waals surface area contributed by atoms with Crippen LogP contribution in [0, 0.1) is 20.8 Å². The Morgan fingerprint density at radius 2 is 1.79 bits per heavy atom. The van der Waals surface area contributed by atoms with Crippen molar-refractivity contribution in [3.05, 3.63) is 57.9 Å². The minimum absolute atomic E-state index is 0.0364. The Bertz CT molecular complexity index is 964. The van der Waals surface area contributed by atoms with Crippen molar-refractivity contribution in [2.75, 3.05) is 19.6 Å². The van der Waals surface area contributed by atoms with Gasteiger partial charge in [-0.3, -0.25) is 9.69 Å². The molecule has 2 heterocycles. The highest BCUT2D eigenvalue weighted by atomic mass is 32.1. The second-order valence-electron chi connectivity index (χ2n) is 6.95. The lowest BCUT2D eigenvalue weighted by Gasteiger charge is -2.30. The largest absolute Gasteiger partial charge is 0.349 e. The van der Waals surface area contributed by atoms with Crippen LogP contribution in [0.5, 0.6) is 0 Å². The molecule has 3 aromatic rings. The summed E-state index contributed by atoms with van der Waals surface area (Å²) < 4.78 is 0. The van der Waals surface area contributed by atoms with E-state index in [1.165, 1.54) is 16.9 Å². The number of aromatic nitrogens is 2. The van der Waals surface area contributed by atoms with Crippen molar-refractivity contribution in [3.8, 4) is 0 Å². The fourth-order valence-corrected chi connectivity index (χ4v) is 4.95. The summed E-state index contributed by atoms with van der Waals surface area (Å²) >= 11 is 1.45. The molecular weight excluding hydrogens is 368 g/mol. The maximum atomic E-state index is 13.0. The first-order valence-corrected chi connectivity index (χ1v) is 10.6. The van der Waals surface area contributed by atoms with Crippen LogP contribution in [-0.4, -0.2) is 40.4 Å². The lowest BCUT2D eigenvalue weighted by Crippen LogP contribution is -2.38. The monoisotopic (exact) mass is 396 g/mol. The third-order valence-corrected chi connectivity index (χ3v) is 6.37. The highest BCUT2D eigenvalue weighted by molar-refractivity contribution is 7.20. The number of thiophene rings is 1. The van der Waals surface area contributed by atoms with Gasteiger partial charge in [0, 0.05) is 17.6 Å². The lowest BCUT2D eigenvalue weighted by atomic mass is 10.0. The molecule has 0 radical (unpaired) electrons. The Labute approximate surface area is 170 Å². The van der Waals surface area contributed by atoms with Crippen LogP contribution in [0.1, 0.15) is 52.2 Å². The lowest BCUT2D eigenvalue weighted by molar-refractivity contribution is 0.0938. The number of aryl methyl sites for hydroxylation is 3. The SMILES string of the molecule is CCN(CC)C(CNC(=O)c1sc2nc(C)nc(C)c2c1C)c1ccccc1. The number of carbonyl (C=O) groups excluding carboxylic acids is 1. The van der Waals surface area contributed by atoms with E-state index >= 15 is 0 Å². The summed E-state index contributed by atoms with van der Waals surface area (Å²) in [7, 11) is 0. The first kappa shape index (κ1) is 20.4. The number of nitrogens with zero attached hydrogens (tertiary/aromatic N) is 3. The molecule has 1 atom stereocenters. The van der Waals surface area contributed by atoms with Crippen LogP contribution >= 0.6 is 11.3 Å². The number of amides is 1. The molecule has 0 bridgehead atoms. The molecule has 0 saturated carbocycles. The quantitative estimate of drug-likeness (QED) is 0.642. The molecule has 1 amide bonds. The number of hydrogen-bond acceptors (Lipinski definition) is 5. The molecule has 0 saturated heterocycles. The molecule has 3 rings (SSSR count). The fourth-order valence-electron chi connectivity index (χ4n) is 3.76. The fraction of sp³-hybridized carbons (Fsp3) is 0.409. The standard InChI is InChI=1S/C22H28N4OS/c1-6-26(7-2)18(17-11-9-8-10-12-17)13-23-21(27)20-14(3)19-15(4)24-16(5)25-22(19)28-20/h8-12,18H,6-7,13H2,1-5H3,(H,23,27). The van der Waals surface area contributed by atoms with Crippen molar-refractivity contribution in [2.45, 2.75) is 40.7 Å². The molecule has 0 aliphatic heterocycles. The molecule has 0 fully saturated rings. The van der Waals surface area contributed by atoms with Crippen molar-refractivity contribution in [2.24, 2.45) is 0 Å². The second kappa shape index (κ2) is 8.80. The van der Waals surface area contributed by atoms with Crippen LogP contribution in [0.3, 0.4) is 0 Å². The summed E-state index contributed by atoms with van der Waals surface area (Å²) in [4.78, 5) is 25.9. The van der Waals surface area contributed by atoms with Crippen LogP contribution < -0.4 is 5.32 Å². The van der Waals surface area contributed by atoms with Crippen LogP contribution in [0.25, 0.3) is 10.2 Å². The predicted molar refractivity (Wildman–Crippen MR) is 116 cm³/mol. The highest BCUT2D eigenvalue weighted by Gasteiger charge is 2.22. The maximum absolute atomic E-state index is 13.0. The molecule has 0 spiro atoms. The molecule has 1 aromatic carbocycles. The van der Waals surface area contributed by atoms with Crippen LogP contribution in [0.4, 0.5) is 0 Å². The normalized spacial score (nSPS) is 12.5. The molecular formula is C22H28N4OS. The van der Waals surface area contributed by atoms with Gasteiger partial charge in [-0.15, -0.1) is 11.3 Å². The zero-order valence-corrected chi connectivity index (χ0v) is 18.1. The number of fused-ring (bicyclic) bond motifs is 1. The number of nitrogens with one attached hydrogen (secondary N) is 1. The van der Waals surface area contributed by atoms with E-state index in [9.17, 15) is 4.79 Å². The third-order valence-electron chi connectivity index (χ3n) is 5.18. The van der Waals surface area contributed by atoms with Crippen molar-refractivity contribution < 1.29 is 4.79 Å². The minimum atomic E-state index is -0.0364. The van der Waals surface area contributed by atoms with Crippen molar-refractivity contribution in [1.29, 1.82) is 0 Å². The number of likely N-dealkylation sites (N-methyl/N-ethyl adjacent to an activating group) is 1. The van der Waals surface area contributed by atoms with E-state index in [2.05, 4.69) is 46.2 Å². The van der Waals surface area contributed by atoms with Gasteiger partial charge in [0.25, 0.3) is 5.91 Å². The van der Waals surface area contributed by atoms with Gasteiger partial charge in [0.2, 0.25) is 0 Å². The van der Waals surface area contributed by atoms with E-state index < -0.39 is 0 Å². The third kappa shape index (κ3) is 4.08. The number of carbonyl (C=O) groups is 1. The number of hydrogen-bond donors (Lipinski definition) is 1. The van der Waals surface area contributed by atoms with Crippen molar-refractivity contribution >= 4 is 27.5 Å². The summed E-state index contributed by atoms with van der Waals surface area (Å²) in [6, 6.07) is 10.5. The first-order chi connectivity index (χ1) is 13.5. The Morgan fingerprint density at radius 3 is 2.43 bits per heavy atom. The van der Waals surface area contributed by atoms with Gasteiger partial charge in [-0.2, -0.15) is 0 Å². The van der Waals surface area contributed by atoms with E-state index in [0.29, 0.717) is 6.54 Å². The van der Waals surface area contributed by atoms with Gasteiger partial charge in [0.1, 0.15) is 10.7 Å². The van der Waals surface area contributed by atoms with Crippen molar-refractivity contribution in [1.82, 2.24) is 20.2 Å². The average Bonchev–Trinajstić information content (AvgIpc) is 3.02. The summed E-state index contributed by atoms with van der Waals surface area (Å²) in [6.07, 6.45) is 0. The Morgan fingerprint density at radius 1 is 1.11 bits per heavy atom. The average molecular weight is 397 g/mol. The van der Waals surface area contributed by atoms with Crippen LogP contribution in [0.2, 0.25) is 0 Å². The highest BCUT2D eigenvalue weighted by Crippen LogP contribution is 2.31. The molecule has 5 nitrogen and oxygen atoms in total. The molecule has 0 aliphatic carbocycles. The van der Waals surface area contributed by atoms with Crippen molar-refractivity contribution in [3.63, 3.8) is 0 Å². The molecule has 1 unspecified atom stereocenters. The summed E-state index contributed by atoms with van der Waals surface area (Å²) in [5.74, 6) is 0.703. The van der Waals surface area contributed by atoms with E-state index in [4.69, 9.17) is 0 Å². The molecule has 1 N–H and O–H groups in total. The Balaban J connectivity index is 1.84. The Kier molecular flexibility index (Phi) is 6.42. The molecule has 0 aliphatic rings. The van der Waals surface area contributed by atoms with Crippen LogP contribution in [0.15, 0.2) is 30.3 Å². The smallest absolute Gasteiger partial charge is 0.261 e. The van der Waals surface area contributed by atoms with Gasteiger partial charge in [-0.25, -0.2) is 9.97 Å². The molecule has 6 heteroatoms. The number of benzene rings is 1. The summed E-state index contributed by atoms with van der Waals surface area (Å²) in [6.45, 7) is 12.6. The summed E-state index contributed by atoms with van der Waals surface area (Å²) in [5.41, 5.74) is 3.12. The maximum Gasteiger partial charge on any atom is 0.261 e. The van der Waals surface area contributed by atoms with Gasteiger partial charge < -0.3 is 5.32 Å². The van der Waals surface area contributed by atoms with E-state index in [-0.39, 0.29) is 11.9 Å². The van der Waals surface area contributed by atoms with Gasteiger partial charge in [-0.05, 0) is 45.0 Å². The van der Waals surface area contributed by atoms with Crippen LogP contribution in [-0.2, 0) is 0 Å². The Hall–Kier alpha value is -2.31. The van der Waals surface area contributed by atoms with E-state index in [1.807, 2.05) is 39.0 Å². The predicted octanol–water partition coefficient (Wildman–Crippen LogP) is 4.43. The van der Waals surface area contributed by atoms with Gasteiger partial charge in [0.05, 0.1) is 10.9 Å². The van der Waals surface area contributed by atoms with E-state index in [0.717, 1.165) is 45.3 Å². The van der Waals surface area contributed by atoms with Gasteiger partial charge >= 0.3 is 0 Å². The topological polar surface area (TPSA) is 58.1 Å². The number of rotatable bonds is 7. The molecule has 28 heavy (non-hydrogen) atoms. The minimum Gasteiger partial charge on any atom is -0.349 e. The van der Waals surface area contributed by atoms with E-state index in [1.54, 1.807) is 0 Å². The zero-order valence-electron chi connectivity index (χ0n) is 17.2. The molecule has 2 aromatic heterocycles. The summed E-state index contributed by atoms with van der Waals surface area (Å²) in [5, 5.41) is 4.17. The van der Waals surface area contributed by atoms with Gasteiger partial charge in [-0.1, -0.05) is 44.2 Å². The zero-order chi connectivity index (χ0) is 20.3. The van der Waals surface area contributed by atoms with Gasteiger partial charge in [0.15, 0.2) is 0 Å². The molecule has 148 valence electrons.